The summed E-state index contributed by atoms with van der Waals surface area (Å²) in [6.07, 6.45) is -0.859. The number of Topliss-reactive ketones (excluding diaryl/α,β-unsaturated/α-hetero) is 1. The Hall–Kier alpha value is -0.540. The molecule has 3 saturated carbocycles. The summed E-state index contributed by atoms with van der Waals surface area (Å²) < 4.78 is 34.0. The molecule has 0 spiro atoms. The van der Waals surface area contributed by atoms with Gasteiger partial charge in [-0.3, -0.25) is 9.35 Å². The summed E-state index contributed by atoms with van der Waals surface area (Å²) in [5.74, 6) is -1.33. The molecule has 0 aromatic rings. The molecule has 0 amide bonds. The maximum atomic E-state index is 11.4. The van der Waals surface area contributed by atoms with E-state index in [0.29, 0.717) is 6.42 Å². The van der Waals surface area contributed by atoms with Gasteiger partial charge in [0.25, 0.3) is 0 Å². The summed E-state index contributed by atoms with van der Waals surface area (Å²) in [5.41, 5.74) is -1.92. The van der Waals surface area contributed by atoms with Crippen molar-refractivity contribution in [2.24, 2.45) is 11.8 Å². The fourth-order valence-electron chi connectivity index (χ4n) is 2.47. The van der Waals surface area contributed by atoms with Crippen molar-refractivity contribution in [2.45, 2.75) is 24.5 Å². The Morgan fingerprint density at radius 3 is 2.50 bits per heavy atom. The van der Waals surface area contributed by atoms with Gasteiger partial charge < -0.3 is 10.2 Å². The number of fused-ring (bicyclic) bond motifs is 2. The lowest BCUT2D eigenvalue weighted by Gasteiger charge is -2.52. The number of aliphatic hydroxyl groups is 2. The molecule has 3 aliphatic carbocycles. The van der Waals surface area contributed by atoms with Crippen LogP contribution in [0.2, 0.25) is 0 Å². The van der Waals surface area contributed by atoms with E-state index in [1.807, 2.05) is 0 Å². The van der Waals surface area contributed by atoms with E-state index in [0.717, 1.165) is 0 Å². The zero-order chi connectivity index (χ0) is 12.1. The largest absolute Gasteiger partial charge is 0.397 e. The molecular formula is C8H12O7S. The Morgan fingerprint density at radius 2 is 2.06 bits per heavy atom. The van der Waals surface area contributed by atoms with Crippen LogP contribution in [0.3, 0.4) is 0 Å². The Bertz CT molecular complexity index is 416. The summed E-state index contributed by atoms with van der Waals surface area (Å²) in [5, 5.41) is 19.1. The number of ketones is 1. The van der Waals surface area contributed by atoms with Crippen molar-refractivity contribution in [2.75, 3.05) is 6.61 Å². The van der Waals surface area contributed by atoms with Gasteiger partial charge in [0, 0.05) is 5.92 Å². The number of rotatable bonds is 3. The van der Waals surface area contributed by atoms with Crippen LogP contribution >= 0.6 is 0 Å². The molecule has 16 heavy (non-hydrogen) atoms. The lowest BCUT2D eigenvalue weighted by molar-refractivity contribution is -0.200. The molecule has 2 bridgehead atoms. The predicted octanol–water partition coefficient (Wildman–Crippen LogP) is -1.49. The van der Waals surface area contributed by atoms with E-state index in [9.17, 15) is 18.3 Å². The third-order valence-corrected chi connectivity index (χ3v) is 3.89. The van der Waals surface area contributed by atoms with Crippen LogP contribution in [0.4, 0.5) is 0 Å². The number of carbonyl (C=O) groups excluding carboxylic acids is 1. The highest BCUT2D eigenvalue weighted by atomic mass is 32.3. The van der Waals surface area contributed by atoms with Gasteiger partial charge in [-0.05, 0) is 12.8 Å². The van der Waals surface area contributed by atoms with Crippen molar-refractivity contribution >= 4 is 16.2 Å². The van der Waals surface area contributed by atoms with Crippen LogP contribution in [0.15, 0.2) is 0 Å². The summed E-state index contributed by atoms with van der Waals surface area (Å²) in [6.45, 7) is -0.781. The predicted molar refractivity (Wildman–Crippen MR) is 49.7 cm³/mol. The molecule has 0 aromatic carbocycles. The highest BCUT2D eigenvalue weighted by Crippen LogP contribution is 2.49. The van der Waals surface area contributed by atoms with Gasteiger partial charge in [-0.1, -0.05) is 0 Å². The number of hydrogen-bond acceptors (Lipinski definition) is 6. The third kappa shape index (κ3) is 1.66. The molecule has 0 radical (unpaired) electrons. The van der Waals surface area contributed by atoms with Crippen LogP contribution in [0.1, 0.15) is 12.8 Å². The molecule has 0 heterocycles. The SMILES string of the molecule is O=C1C2CC(OS(=O)(=O)O)C(O)(CO)C1C2. The van der Waals surface area contributed by atoms with Gasteiger partial charge in [-0.2, -0.15) is 8.42 Å². The van der Waals surface area contributed by atoms with Crippen LogP contribution < -0.4 is 0 Å². The van der Waals surface area contributed by atoms with Gasteiger partial charge >= 0.3 is 10.4 Å². The van der Waals surface area contributed by atoms with E-state index in [1.165, 1.54) is 0 Å². The zero-order valence-electron chi connectivity index (χ0n) is 8.24. The van der Waals surface area contributed by atoms with Gasteiger partial charge in [0.1, 0.15) is 17.5 Å². The second-order valence-electron chi connectivity index (χ2n) is 4.29. The second-order valence-corrected chi connectivity index (χ2v) is 5.33. The summed E-state index contributed by atoms with van der Waals surface area (Å²) >= 11 is 0. The van der Waals surface area contributed by atoms with E-state index < -0.39 is 34.6 Å². The monoisotopic (exact) mass is 252 g/mol. The van der Waals surface area contributed by atoms with Gasteiger partial charge in [-0.15, -0.1) is 0 Å². The first kappa shape index (κ1) is 11.9. The van der Waals surface area contributed by atoms with Gasteiger partial charge in [0.15, 0.2) is 0 Å². The van der Waals surface area contributed by atoms with Crippen LogP contribution in [0, 0.1) is 11.8 Å². The molecule has 3 rings (SSSR count). The minimum absolute atomic E-state index is 0.00775. The van der Waals surface area contributed by atoms with Crippen LogP contribution in [0.5, 0.6) is 0 Å². The second kappa shape index (κ2) is 3.47. The van der Waals surface area contributed by atoms with Crippen LogP contribution in [-0.2, 0) is 19.4 Å². The fraction of sp³-hybridized carbons (Fsp3) is 0.875. The topological polar surface area (TPSA) is 121 Å². The summed E-state index contributed by atoms with van der Waals surface area (Å²) in [4.78, 5) is 11.4. The average molecular weight is 252 g/mol. The number of aliphatic hydroxyl groups excluding tert-OH is 1. The lowest BCUT2D eigenvalue weighted by Crippen LogP contribution is -2.67. The molecule has 0 aliphatic heterocycles. The minimum Gasteiger partial charge on any atom is -0.393 e. The van der Waals surface area contributed by atoms with Gasteiger partial charge in [0.2, 0.25) is 0 Å². The van der Waals surface area contributed by atoms with Gasteiger partial charge in [-0.25, -0.2) is 4.18 Å². The smallest absolute Gasteiger partial charge is 0.393 e. The maximum absolute atomic E-state index is 11.4. The molecule has 3 N–H and O–H groups in total. The normalized spacial score (nSPS) is 42.9. The summed E-state index contributed by atoms with van der Waals surface area (Å²) in [6, 6.07) is 0. The summed E-state index contributed by atoms with van der Waals surface area (Å²) in [7, 11) is -4.71. The molecule has 7 nitrogen and oxygen atoms in total. The molecular weight excluding hydrogens is 240 g/mol. The highest BCUT2D eigenvalue weighted by Gasteiger charge is 2.62. The van der Waals surface area contributed by atoms with E-state index in [2.05, 4.69) is 4.18 Å². The van der Waals surface area contributed by atoms with Crippen molar-refractivity contribution < 1.29 is 32.2 Å². The van der Waals surface area contributed by atoms with Crippen molar-refractivity contribution in [1.29, 1.82) is 0 Å². The maximum Gasteiger partial charge on any atom is 0.397 e. The Labute approximate surface area is 92.0 Å². The van der Waals surface area contributed by atoms with Crippen molar-refractivity contribution in [3.63, 3.8) is 0 Å². The first-order chi connectivity index (χ1) is 7.28. The Kier molecular flexibility index (Phi) is 2.59. The van der Waals surface area contributed by atoms with Gasteiger partial charge in [0.05, 0.1) is 12.5 Å². The molecule has 92 valence electrons. The zero-order valence-corrected chi connectivity index (χ0v) is 9.05. The first-order valence-electron chi connectivity index (χ1n) is 4.80. The van der Waals surface area contributed by atoms with Crippen molar-refractivity contribution in [1.82, 2.24) is 0 Å². The number of hydrogen-bond donors (Lipinski definition) is 3. The van der Waals surface area contributed by atoms with E-state index in [1.54, 1.807) is 0 Å². The third-order valence-electron chi connectivity index (χ3n) is 3.42. The Balaban J connectivity index is 2.24. The molecule has 0 aromatic heterocycles. The molecule has 3 fully saturated rings. The lowest BCUT2D eigenvalue weighted by atomic mass is 9.55. The Morgan fingerprint density at radius 1 is 1.44 bits per heavy atom. The average Bonchev–Trinajstić information content (AvgIpc) is 2.17. The van der Waals surface area contributed by atoms with E-state index >= 15 is 0 Å². The standard InChI is InChI=1S/C8H12O7S/c9-3-8(11)5-1-4(7(5)10)2-6(8)15-16(12,13)14/h4-6,9,11H,1-3H2,(H,12,13,14). The number of carbonyl (C=O) groups is 1. The molecule has 8 heteroatoms. The molecule has 4 atom stereocenters. The fourth-order valence-corrected chi connectivity index (χ4v) is 3.01. The molecule has 3 aliphatic rings. The van der Waals surface area contributed by atoms with Crippen LogP contribution in [0.25, 0.3) is 0 Å². The van der Waals surface area contributed by atoms with Crippen LogP contribution in [-0.4, -0.2) is 47.3 Å². The quantitative estimate of drug-likeness (QED) is 0.523. The molecule has 0 saturated heterocycles. The van der Waals surface area contributed by atoms with E-state index in [4.69, 9.17) is 9.66 Å². The van der Waals surface area contributed by atoms with Crippen molar-refractivity contribution in [3.8, 4) is 0 Å². The first-order valence-corrected chi connectivity index (χ1v) is 6.17. The van der Waals surface area contributed by atoms with E-state index in [-0.39, 0.29) is 18.1 Å². The molecule has 4 unspecified atom stereocenters. The van der Waals surface area contributed by atoms with Crippen molar-refractivity contribution in [3.05, 3.63) is 0 Å². The minimum atomic E-state index is -4.71. The highest BCUT2D eigenvalue weighted by molar-refractivity contribution is 7.80.